The van der Waals surface area contributed by atoms with Gasteiger partial charge in [0.2, 0.25) is 0 Å². The van der Waals surface area contributed by atoms with Crippen LogP contribution in [0.5, 0.6) is 0 Å². The third kappa shape index (κ3) is 3.32. The van der Waals surface area contributed by atoms with Gasteiger partial charge in [0.15, 0.2) is 6.10 Å². The van der Waals surface area contributed by atoms with E-state index in [1.165, 1.54) is 12.1 Å². The summed E-state index contributed by atoms with van der Waals surface area (Å²) in [5.41, 5.74) is 1.87. The summed E-state index contributed by atoms with van der Waals surface area (Å²) < 4.78 is 18.5. The second-order valence-electron chi connectivity index (χ2n) is 4.53. The van der Waals surface area contributed by atoms with Crippen LogP contribution in [0.2, 0.25) is 0 Å². The molecule has 0 aliphatic carbocycles. The molecule has 0 saturated carbocycles. The van der Waals surface area contributed by atoms with Crippen LogP contribution in [-0.4, -0.2) is 5.97 Å². The molecule has 2 aromatic carbocycles. The molecule has 0 bridgehead atoms. The van der Waals surface area contributed by atoms with Crippen molar-refractivity contribution in [1.82, 2.24) is 0 Å². The predicted molar refractivity (Wildman–Crippen MR) is 75.6 cm³/mol. The van der Waals surface area contributed by atoms with Crippen LogP contribution >= 0.6 is 0 Å². The molecule has 0 aliphatic heterocycles. The first-order valence-corrected chi connectivity index (χ1v) is 6.25. The van der Waals surface area contributed by atoms with Crippen molar-refractivity contribution < 1.29 is 13.9 Å². The van der Waals surface area contributed by atoms with Gasteiger partial charge in [-0.1, -0.05) is 49.0 Å². The molecule has 0 fully saturated rings. The van der Waals surface area contributed by atoms with E-state index in [4.69, 9.17) is 4.74 Å². The van der Waals surface area contributed by atoms with Gasteiger partial charge >= 0.3 is 5.97 Å². The summed E-state index contributed by atoms with van der Waals surface area (Å²) in [5, 5.41) is 0. The van der Waals surface area contributed by atoms with Crippen molar-refractivity contribution in [3.63, 3.8) is 0 Å². The summed E-state index contributed by atoms with van der Waals surface area (Å²) in [6, 6.07) is 15.2. The maximum Gasteiger partial charge on any atom is 0.334 e. The summed E-state index contributed by atoms with van der Waals surface area (Å²) in [7, 11) is 0. The van der Waals surface area contributed by atoms with Crippen LogP contribution in [0.4, 0.5) is 4.39 Å². The zero-order valence-electron chi connectivity index (χ0n) is 11.2. The van der Waals surface area contributed by atoms with Gasteiger partial charge in [-0.05, 0) is 30.2 Å². The zero-order valence-corrected chi connectivity index (χ0v) is 11.2. The van der Waals surface area contributed by atoms with Gasteiger partial charge in [0.05, 0.1) is 0 Å². The Morgan fingerprint density at radius 1 is 1.05 bits per heavy atom. The van der Waals surface area contributed by atoms with E-state index in [9.17, 15) is 9.18 Å². The molecule has 102 valence electrons. The molecule has 2 nitrogen and oxygen atoms in total. The summed E-state index contributed by atoms with van der Waals surface area (Å²) in [6.45, 7) is 5.17. The fraction of sp³-hybridized carbons (Fsp3) is 0.118. The number of benzene rings is 2. The SMILES string of the molecule is C=C(C)C(=O)OC(c1ccccc1)c1ccc(F)cc1. The second kappa shape index (κ2) is 6.15. The third-order valence-electron chi connectivity index (χ3n) is 2.85. The van der Waals surface area contributed by atoms with Crippen molar-refractivity contribution in [3.8, 4) is 0 Å². The highest BCUT2D eigenvalue weighted by atomic mass is 19.1. The van der Waals surface area contributed by atoms with E-state index in [1.54, 1.807) is 19.1 Å². The lowest BCUT2D eigenvalue weighted by molar-refractivity contribution is -0.142. The summed E-state index contributed by atoms with van der Waals surface area (Å²) >= 11 is 0. The minimum atomic E-state index is -0.569. The number of carbonyl (C=O) groups excluding carboxylic acids is 1. The average Bonchev–Trinajstić information content (AvgIpc) is 2.46. The van der Waals surface area contributed by atoms with Crippen molar-refractivity contribution in [3.05, 3.63) is 83.7 Å². The van der Waals surface area contributed by atoms with Crippen molar-refractivity contribution in [2.75, 3.05) is 0 Å². The maximum atomic E-state index is 13.0. The molecule has 2 aromatic rings. The summed E-state index contributed by atoms with van der Waals surface area (Å²) in [5.74, 6) is -0.796. The Hall–Kier alpha value is -2.42. The van der Waals surface area contributed by atoms with Crippen LogP contribution in [0.3, 0.4) is 0 Å². The minimum absolute atomic E-state index is 0.327. The van der Waals surface area contributed by atoms with Gasteiger partial charge in [-0.15, -0.1) is 0 Å². The van der Waals surface area contributed by atoms with E-state index in [0.29, 0.717) is 11.1 Å². The van der Waals surface area contributed by atoms with Gasteiger partial charge in [-0.2, -0.15) is 0 Å². The highest BCUT2D eigenvalue weighted by Crippen LogP contribution is 2.27. The molecule has 1 atom stereocenters. The molecule has 2 rings (SSSR count). The molecular formula is C17H15FO2. The summed E-state index contributed by atoms with van der Waals surface area (Å²) in [4.78, 5) is 11.8. The minimum Gasteiger partial charge on any atom is -0.449 e. The van der Waals surface area contributed by atoms with Gasteiger partial charge in [0.25, 0.3) is 0 Å². The lowest BCUT2D eigenvalue weighted by atomic mass is 10.0. The summed E-state index contributed by atoms with van der Waals surface area (Å²) in [6.07, 6.45) is -0.569. The molecular weight excluding hydrogens is 255 g/mol. The van der Waals surface area contributed by atoms with Crippen LogP contribution in [0, 0.1) is 5.82 Å². The fourth-order valence-corrected chi connectivity index (χ4v) is 1.80. The van der Waals surface area contributed by atoms with Gasteiger partial charge in [0.1, 0.15) is 5.82 Å². The Kier molecular flexibility index (Phi) is 4.31. The van der Waals surface area contributed by atoms with Crippen molar-refractivity contribution >= 4 is 5.97 Å². The first-order valence-electron chi connectivity index (χ1n) is 6.25. The highest BCUT2D eigenvalue weighted by Gasteiger charge is 2.19. The Morgan fingerprint density at radius 2 is 1.60 bits per heavy atom. The van der Waals surface area contributed by atoms with E-state index < -0.39 is 12.1 Å². The van der Waals surface area contributed by atoms with Crippen LogP contribution in [-0.2, 0) is 9.53 Å². The molecule has 1 unspecified atom stereocenters. The molecule has 3 heteroatoms. The monoisotopic (exact) mass is 270 g/mol. The van der Waals surface area contributed by atoms with Crippen molar-refractivity contribution in [2.45, 2.75) is 13.0 Å². The largest absolute Gasteiger partial charge is 0.449 e. The number of halogens is 1. The first kappa shape index (κ1) is 14.0. The number of hydrogen-bond donors (Lipinski definition) is 0. The number of carbonyl (C=O) groups is 1. The number of esters is 1. The lowest BCUT2D eigenvalue weighted by Gasteiger charge is -2.19. The van der Waals surface area contributed by atoms with Crippen LogP contribution in [0.25, 0.3) is 0 Å². The first-order chi connectivity index (χ1) is 9.58. The standard InChI is InChI=1S/C17H15FO2/c1-12(2)17(19)20-16(13-6-4-3-5-7-13)14-8-10-15(18)11-9-14/h3-11,16H,1H2,2H3. The number of hydrogen-bond acceptors (Lipinski definition) is 2. The van der Waals surface area contributed by atoms with Crippen LogP contribution < -0.4 is 0 Å². The normalized spacial score (nSPS) is 11.7. The molecule has 0 heterocycles. The van der Waals surface area contributed by atoms with E-state index in [2.05, 4.69) is 6.58 Å². The van der Waals surface area contributed by atoms with Crippen molar-refractivity contribution in [2.24, 2.45) is 0 Å². The van der Waals surface area contributed by atoms with Gasteiger partial charge < -0.3 is 4.74 Å². The van der Waals surface area contributed by atoms with E-state index >= 15 is 0 Å². The van der Waals surface area contributed by atoms with E-state index in [1.807, 2.05) is 30.3 Å². The fourth-order valence-electron chi connectivity index (χ4n) is 1.80. The zero-order chi connectivity index (χ0) is 14.5. The molecule has 20 heavy (non-hydrogen) atoms. The van der Waals surface area contributed by atoms with Crippen LogP contribution in [0.1, 0.15) is 24.2 Å². The molecule has 0 radical (unpaired) electrons. The van der Waals surface area contributed by atoms with Crippen LogP contribution in [0.15, 0.2) is 66.7 Å². The van der Waals surface area contributed by atoms with Gasteiger partial charge in [0, 0.05) is 5.57 Å². The smallest absolute Gasteiger partial charge is 0.334 e. The molecule has 0 N–H and O–H groups in total. The van der Waals surface area contributed by atoms with Crippen molar-refractivity contribution in [1.29, 1.82) is 0 Å². The number of rotatable bonds is 4. The predicted octanol–water partition coefficient (Wildman–Crippen LogP) is 4.03. The number of ether oxygens (including phenoxy) is 1. The molecule has 0 amide bonds. The molecule has 0 spiro atoms. The Bertz CT molecular complexity index is 603. The second-order valence-corrected chi connectivity index (χ2v) is 4.53. The highest BCUT2D eigenvalue weighted by molar-refractivity contribution is 5.87. The van der Waals surface area contributed by atoms with Gasteiger partial charge in [-0.25, -0.2) is 9.18 Å². The quantitative estimate of drug-likeness (QED) is 0.619. The van der Waals surface area contributed by atoms with Gasteiger partial charge in [-0.3, -0.25) is 0 Å². The Morgan fingerprint density at radius 3 is 2.15 bits per heavy atom. The Balaban J connectivity index is 2.36. The molecule has 0 aliphatic rings. The third-order valence-corrected chi connectivity index (χ3v) is 2.85. The van der Waals surface area contributed by atoms with E-state index in [-0.39, 0.29) is 5.82 Å². The lowest BCUT2D eigenvalue weighted by Crippen LogP contribution is -2.13. The molecule has 0 aromatic heterocycles. The topological polar surface area (TPSA) is 26.3 Å². The maximum absolute atomic E-state index is 13.0. The molecule has 0 saturated heterocycles. The van der Waals surface area contributed by atoms with E-state index in [0.717, 1.165) is 5.56 Å². The Labute approximate surface area is 117 Å². The average molecular weight is 270 g/mol.